The van der Waals surface area contributed by atoms with E-state index < -0.39 is 0 Å². The summed E-state index contributed by atoms with van der Waals surface area (Å²) in [6.45, 7) is 2.71. The van der Waals surface area contributed by atoms with Gasteiger partial charge in [0, 0.05) is 24.7 Å². The molecule has 1 N–H and O–H groups in total. The third kappa shape index (κ3) is 1.15. The lowest BCUT2D eigenvalue weighted by Gasteiger charge is -2.14. The molecule has 0 amide bonds. The molecule has 0 saturated heterocycles. The maximum Gasteiger partial charge on any atom is 0.193 e. The highest BCUT2D eigenvalue weighted by molar-refractivity contribution is 7.13. The lowest BCUT2D eigenvalue weighted by Crippen LogP contribution is -2.28. The summed E-state index contributed by atoms with van der Waals surface area (Å²) in [5.41, 5.74) is 0. The van der Waals surface area contributed by atoms with Crippen LogP contribution in [0.4, 0.5) is 0 Å². The van der Waals surface area contributed by atoms with Gasteiger partial charge < -0.3 is 9.88 Å². The van der Waals surface area contributed by atoms with Gasteiger partial charge in [-0.05, 0) is 0 Å². The number of nitrogens with zero attached hydrogens (tertiary/aromatic N) is 4. The molecule has 14 heavy (non-hydrogen) atoms. The van der Waals surface area contributed by atoms with Crippen molar-refractivity contribution in [3.63, 3.8) is 0 Å². The molecular formula is C8H9N5S. The Morgan fingerprint density at radius 3 is 3.29 bits per heavy atom. The Morgan fingerprint density at radius 2 is 2.43 bits per heavy atom. The molecule has 1 aliphatic rings. The summed E-state index contributed by atoms with van der Waals surface area (Å²) >= 11 is 1.60. The van der Waals surface area contributed by atoms with E-state index in [1.54, 1.807) is 17.5 Å². The maximum absolute atomic E-state index is 4.24. The van der Waals surface area contributed by atoms with E-state index in [0.29, 0.717) is 0 Å². The van der Waals surface area contributed by atoms with Crippen LogP contribution in [-0.4, -0.2) is 26.3 Å². The van der Waals surface area contributed by atoms with Crippen molar-refractivity contribution >= 4 is 11.3 Å². The van der Waals surface area contributed by atoms with Crippen LogP contribution >= 0.6 is 11.3 Å². The maximum atomic E-state index is 4.24. The summed E-state index contributed by atoms with van der Waals surface area (Å²) in [6, 6.07) is 0. The van der Waals surface area contributed by atoms with Crippen molar-refractivity contribution in [2.75, 3.05) is 6.54 Å². The molecular weight excluding hydrogens is 198 g/mol. The van der Waals surface area contributed by atoms with Crippen LogP contribution in [0.25, 0.3) is 10.8 Å². The molecule has 0 saturated carbocycles. The molecule has 5 nitrogen and oxygen atoms in total. The molecule has 2 aromatic rings. The Hall–Kier alpha value is -1.27. The van der Waals surface area contributed by atoms with Crippen LogP contribution in [0.2, 0.25) is 0 Å². The minimum Gasteiger partial charge on any atom is -0.308 e. The Balaban J connectivity index is 2.11. The van der Waals surface area contributed by atoms with Gasteiger partial charge in [0.1, 0.15) is 5.82 Å². The number of hydrogen-bond acceptors (Lipinski definition) is 5. The van der Waals surface area contributed by atoms with Gasteiger partial charge in [0.2, 0.25) is 0 Å². The van der Waals surface area contributed by atoms with Crippen LogP contribution in [0.15, 0.2) is 11.6 Å². The first-order chi connectivity index (χ1) is 6.95. The number of rotatable bonds is 1. The summed E-state index contributed by atoms with van der Waals surface area (Å²) in [4.78, 5) is 4.24. The molecule has 0 atom stereocenters. The number of thiazole rings is 1. The van der Waals surface area contributed by atoms with Crippen molar-refractivity contribution in [2.45, 2.75) is 13.1 Å². The molecule has 0 bridgehead atoms. The number of hydrogen-bond donors (Lipinski definition) is 1. The van der Waals surface area contributed by atoms with E-state index in [2.05, 4.69) is 25.1 Å². The highest BCUT2D eigenvalue weighted by atomic mass is 32.1. The smallest absolute Gasteiger partial charge is 0.193 e. The van der Waals surface area contributed by atoms with Gasteiger partial charge in [-0.3, -0.25) is 0 Å². The van der Waals surface area contributed by atoms with E-state index in [1.165, 1.54) is 0 Å². The van der Waals surface area contributed by atoms with Crippen LogP contribution in [-0.2, 0) is 13.1 Å². The first-order valence-electron chi connectivity index (χ1n) is 4.48. The molecule has 0 spiro atoms. The molecule has 3 heterocycles. The van der Waals surface area contributed by atoms with E-state index in [1.807, 2.05) is 5.38 Å². The minimum atomic E-state index is 0.804. The quantitative estimate of drug-likeness (QED) is 0.740. The van der Waals surface area contributed by atoms with Crippen LogP contribution in [0.3, 0.4) is 0 Å². The molecule has 1 aliphatic heterocycles. The number of fused-ring (bicyclic) bond motifs is 1. The first kappa shape index (κ1) is 8.07. The number of aromatic nitrogens is 4. The molecule has 6 heteroatoms. The van der Waals surface area contributed by atoms with Gasteiger partial charge >= 0.3 is 0 Å². The molecule has 0 aromatic carbocycles. The molecule has 0 radical (unpaired) electrons. The molecule has 2 aromatic heterocycles. The Bertz CT molecular complexity index is 433. The summed E-state index contributed by atoms with van der Waals surface area (Å²) in [7, 11) is 0. The van der Waals surface area contributed by atoms with Gasteiger partial charge in [0.05, 0.1) is 6.54 Å². The molecule has 0 unspecified atom stereocenters. The van der Waals surface area contributed by atoms with Crippen LogP contribution < -0.4 is 5.32 Å². The molecule has 0 fully saturated rings. The molecule has 0 aliphatic carbocycles. The van der Waals surface area contributed by atoms with Gasteiger partial charge in [0.15, 0.2) is 10.8 Å². The van der Waals surface area contributed by atoms with Crippen LogP contribution in [0.5, 0.6) is 0 Å². The van der Waals surface area contributed by atoms with E-state index in [-0.39, 0.29) is 0 Å². The Labute approximate surface area is 84.8 Å². The van der Waals surface area contributed by atoms with Gasteiger partial charge in [-0.15, -0.1) is 21.5 Å². The van der Waals surface area contributed by atoms with Crippen molar-refractivity contribution < 1.29 is 0 Å². The fraction of sp³-hybridized carbons (Fsp3) is 0.375. The highest BCUT2D eigenvalue weighted by Crippen LogP contribution is 2.21. The highest BCUT2D eigenvalue weighted by Gasteiger charge is 2.17. The topological polar surface area (TPSA) is 55.6 Å². The largest absolute Gasteiger partial charge is 0.308 e. The summed E-state index contributed by atoms with van der Waals surface area (Å²) in [6.07, 6.45) is 1.79. The third-order valence-electron chi connectivity index (χ3n) is 2.25. The average molecular weight is 207 g/mol. The Morgan fingerprint density at radius 1 is 1.43 bits per heavy atom. The SMILES string of the molecule is c1csc(-c2nnc3n2CCNC3)n1. The van der Waals surface area contributed by atoms with Gasteiger partial charge in [0.25, 0.3) is 0 Å². The van der Waals surface area contributed by atoms with Gasteiger partial charge in [-0.2, -0.15) is 0 Å². The predicted molar refractivity (Wildman–Crippen MR) is 52.8 cm³/mol. The van der Waals surface area contributed by atoms with Crippen molar-refractivity contribution in [3.8, 4) is 10.8 Å². The summed E-state index contributed by atoms with van der Waals surface area (Å²) in [5, 5.41) is 14.5. The zero-order valence-corrected chi connectivity index (χ0v) is 8.29. The van der Waals surface area contributed by atoms with Crippen molar-refractivity contribution in [3.05, 3.63) is 17.4 Å². The fourth-order valence-electron chi connectivity index (χ4n) is 1.58. The van der Waals surface area contributed by atoms with Crippen LogP contribution in [0.1, 0.15) is 5.82 Å². The van der Waals surface area contributed by atoms with Crippen molar-refractivity contribution in [1.29, 1.82) is 0 Å². The van der Waals surface area contributed by atoms with Crippen molar-refractivity contribution in [2.24, 2.45) is 0 Å². The lowest BCUT2D eigenvalue weighted by atomic mass is 10.4. The summed E-state index contributed by atoms with van der Waals surface area (Å²) in [5.74, 6) is 1.90. The predicted octanol–water partition coefficient (Wildman–Crippen LogP) is 0.505. The second-order valence-corrected chi connectivity index (χ2v) is 4.00. The van der Waals surface area contributed by atoms with E-state index in [4.69, 9.17) is 0 Å². The fourth-order valence-corrected chi connectivity index (χ4v) is 2.21. The zero-order valence-electron chi connectivity index (χ0n) is 7.47. The first-order valence-corrected chi connectivity index (χ1v) is 5.36. The van der Waals surface area contributed by atoms with E-state index in [9.17, 15) is 0 Å². The second-order valence-electron chi connectivity index (χ2n) is 3.11. The average Bonchev–Trinajstić information content (AvgIpc) is 2.85. The minimum absolute atomic E-state index is 0.804. The van der Waals surface area contributed by atoms with E-state index >= 15 is 0 Å². The molecule has 3 rings (SSSR count). The third-order valence-corrected chi connectivity index (χ3v) is 3.02. The second kappa shape index (κ2) is 3.14. The van der Waals surface area contributed by atoms with E-state index in [0.717, 1.165) is 36.3 Å². The van der Waals surface area contributed by atoms with Crippen LogP contribution in [0, 0.1) is 0 Å². The standard InChI is InChI=1S/C8H9N5S/c1-3-13-6(5-9-1)11-12-7(13)8-10-2-4-14-8/h2,4,9H,1,3,5H2. The summed E-state index contributed by atoms with van der Waals surface area (Å²) < 4.78 is 2.13. The number of nitrogens with one attached hydrogen (secondary N) is 1. The van der Waals surface area contributed by atoms with Crippen molar-refractivity contribution in [1.82, 2.24) is 25.1 Å². The van der Waals surface area contributed by atoms with Gasteiger partial charge in [-0.25, -0.2) is 4.98 Å². The van der Waals surface area contributed by atoms with Gasteiger partial charge in [-0.1, -0.05) is 0 Å². The Kier molecular flexibility index (Phi) is 1.81. The lowest BCUT2D eigenvalue weighted by molar-refractivity contribution is 0.508. The zero-order chi connectivity index (χ0) is 9.38. The molecule has 72 valence electrons. The monoisotopic (exact) mass is 207 g/mol. The normalized spacial score (nSPS) is 15.4.